The van der Waals surface area contributed by atoms with E-state index in [9.17, 15) is 4.79 Å². The van der Waals surface area contributed by atoms with Crippen molar-refractivity contribution in [2.75, 3.05) is 13.1 Å². The lowest BCUT2D eigenvalue weighted by Gasteiger charge is -2.23. The molecule has 2 aliphatic carbocycles. The van der Waals surface area contributed by atoms with Gasteiger partial charge in [0.15, 0.2) is 0 Å². The standard InChI is InChI=1S/C11H16N2O/c1-2-7-13(8-9-3-4-9)10(14)11(12)5-6-11/h1,9H,3-8,12H2. The Balaban J connectivity index is 1.94. The van der Waals surface area contributed by atoms with E-state index in [0.29, 0.717) is 12.5 Å². The van der Waals surface area contributed by atoms with E-state index >= 15 is 0 Å². The van der Waals surface area contributed by atoms with Crippen LogP contribution < -0.4 is 5.73 Å². The molecule has 0 bridgehead atoms. The molecule has 0 saturated heterocycles. The number of hydrogen-bond donors (Lipinski definition) is 1. The molecule has 2 fully saturated rings. The Morgan fingerprint density at radius 2 is 2.21 bits per heavy atom. The van der Waals surface area contributed by atoms with Crippen LogP contribution in [0.25, 0.3) is 0 Å². The van der Waals surface area contributed by atoms with Crippen molar-refractivity contribution in [3.63, 3.8) is 0 Å². The van der Waals surface area contributed by atoms with Crippen LogP contribution >= 0.6 is 0 Å². The summed E-state index contributed by atoms with van der Waals surface area (Å²) in [5.74, 6) is 3.26. The van der Waals surface area contributed by atoms with E-state index in [1.807, 2.05) is 0 Å². The van der Waals surface area contributed by atoms with Crippen LogP contribution in [0.4, 0.5) is 0 Å². The van der Waals surface area contributed by atoms with E-state index in [2.05, 4.69) is 5.92 Å². The summed E-state index contributed by atoms with van der Waals surface area (Å²) in [7, 11) is 0. The van der Waals surface area contributed by atoms with E-state index in [0.717, 1.165) is 19.4 Å². The van der Waals surface area contributed by atoms with Gasteiger partial charge in [-0.1, -0.05) is 5.92 Å². The third-order valence-corrected chi connectivity index (χ3v) is 2.96. The summed E-state index contributed by atoms with van der Waals surface area (Å²) in [5, 5.41) is 0. The molecule has 0 unspecified atom stereocenters. The van der Waals surface area contributed by atoms with Gasteiger partial charge in [-0.05, 0) is 31.6 Å². The van der Waals surface area contributed by atoms with E-state index in [1.54, 1.807) is 4.90 Å². The Kier molecular flexibility index (Phi) is 2.24. The lowest BCUT2D eigenvalue weighted by atomic mass is 10.2. The molecule has 0 atom stereocenters. The fourth-order valence-electron chi connectivity index (χ4n) is 1.60. The number of nitrogens with two attached hydrogens (primary N) is 1. The minimum Gasteiger partial charge on any atom is -0.330 e. The van der Waals surface area contributed by atoms with Gasteiger partial charge in [-0.15, -0.1) is 6.42 Å². The maximum atomic E-state index is 11.9. The van der Waals surface area contributed by atoms with Crippen molar-refractivity contribution in [3.05, 3.63) is 0 Å². The molecule has 2 N–H and O–H groups in total. The molecule has 0 radical (unpaired) electrons. The lowest BCUT2D eigenvalue weighted by Crippen LogP contribution is -2.46. The second-order valence-electron chi connectivity index (χ2n) is 4.49. The second-order valence-corrected chi connectivity index (χ2v) is 4.49. The van der Waals surface area contributed by atoms with E-state index in [-0.39, 0.29) is 5.91 Å². The highest BCUT2D eigenvalue weighted by atomic mass is 16.2. The summed E-state index contributed by atoms with van der Waals surface area (Å²) in [6.45, 7) is 1.22. The Labute approximate surface area is 84.6 Å². The van der Waals surface area contributed by atoms with Gasteiger partial charge in [-0.25, -0.2) is 0 Å². The molecule has 0 aromatic rings. The molecule has 0 aromatic heterocycles. The summed E-state index contributed by atoms with van der Waals surface area (Å²) in [4.78, 5) is 13.6. The van der Waals surface area contributed by atoms with Crippen LogP contribution in [0, 0.1) is 18.3 Å². The van der Waals surface area contributed by atoms with Gasteiger partial charge in [0.1, 0.15) is 0 Å². The van der Waals surface area contributed by atoms with Crippen LogP contribution in [-0.4, -0.2) is 29.4 Å². The quantitative estimate of drug-likeness (QED) is 0.653. The molecular weight excluding hydrogens is 176 g/mol. The first kappa shape index (κ1) is 9.54. The van der Waals surface area contributed by atoms with Crippen LogP contribution in [0.3, 0.4) is 0 Å². The minimum atomic E-state index is -0.564. The highest BCUT2D eigenvalue weighted by molar-refractivity contribution is 5.89. The van der Waals surface area contributed by atoms with E-state index in [1.165, 1.54) is 12.8 Å². The van der Waals surface area contributed by atoms with Crippen molar-refractivity contribution in [2.24, 2.45) is 11.7 Å². The fourth-order valence-corrected chi connectivity index (χ4v) is 1.60. The molecule has 76 valence electrons. The van der Waals surface area contributed by atoms with Gasteiger partial charge in [-0.2, -0.15) is 0 Å². The van der Waals surface area contributed by atoms with Crippen molar-refractivity contribution in [1.82, 2.24) is 4.90 Å². The topological polar surface area (TPSA) is 46.3 Å². The monoisotopic (exact) mass is 192 g/mol. The number of carbonyl (C=O) groups is 1. The summed E-state index contributed by atoms with van der Waals surface area (Å²) < 4.78 is 0. The Hall–Kier alpha value is -1.01. The van der Waals surface area contributed by atoms with Crippen molar-refractivity contribution >= 4 is 5.91 Å². The molecule has 3 heteroatoms. The molecule has 0 aromatic carbocycles. The summed E-state index contributed by atoms with van der Waals surface area (Å²) in [6, 6.07) is 0. The van der Waals surface area contributed by atoms with Crippen LogP contribution in [-0.2, 0) is 4.79 Å². The first-order chi connectivity index (χ1) is 6.65. The smallest absolute Gasteiger partial charge is 0.243 e. The SMILES string of the molecule is C#CCN(CC1CC1)C(=O)C1(N)CC1. The zero-order valence-electron chi connectivity index (χ0n) is 8.33. The highest BCUT2D eigenvalue weighted by Gasteiger charge is 2.48. The molecule has 3 nitrogen and oxygen atoms in total. The van der Waals surface area contributed by atoms with Crippen molar-refractivity contribution < 1.29 is 4.79 Å². The van der Waals surface area contributed by atoms with Crippen LogP contribution in [0.1, 0.15) is 25.7 Å². The molecule has 0 aliphatic heterocycles. The molecule has 0 spiro atoms. The van der Waals surface area contributed by atoms with Crippen LogP contribution in [0.5, 0.6) is 0 Å². The van der Waals surface area contributed by atoms with Crippen molar-refractivity contribution in [3.8, 4) is 12.3 Å². The lowest BCUT2D eigenvalue weighted by molar-refractivity contribution is -0.133. The van der Waals surface area contributed by atoms with Gasteiger partial charge in [0.25, 0.3) is 0 Å². The van der Waals surface area contributed by atoms with E-state index < -0.39 is 5.54 Å². The fraction of sp³-hybridized carbons (Fsp3) is 0.727. The first-order valence-electron chi connectivity index (χ1n) is 5.17. The second kappa shape index (κ2) is 3.29. The average molecular weight is 192 g/mol. The summed E-state index contributed by atoms with van der Waals surface area (Å²) in [6.07, 6.45) is 9.33. The van der Waals surface area contributed by atoms with E-state index in [4.69, 9.17) is 12.2 Å². The molecule has 2 rings (SSSR count). The Morgan fingerprint density at radius 1 is 1.57 bits per heavy atom. The molecule has 14 heavy (non-hydrogen) atoms. The van der Waals surface area contributed by atoms with Crippen LogP contribution in [0.15, 0.2) is 0 Å². The molecule has 2 aliphatic rings. The van der Waals surface area contributed by atoms with Crippen molar-refractivity contribution in [1.29, 1.82) is 0 Å². The van der Waals surface area contributed by atoms with Gasteiger partial charge in [-0.3, -0.25) is 4.79 Å². The maximum absolute atomic E-state index is 11.9. The molecular formula is C11H16N2O. The van der Waals surface area contributed by atoms with Gasteiger partial charge >= 0.3 is 0 Å². The Morgan fingerprint density at radius 3 is 2.64 bits per heavy atom. The largest absolute Gasteiger partial charge is 0.330 e. The molecule has 1 amide bonds. The zero-order valence-corrected chi connectivity index (χ0v) is 8.33. The number of carbonyl (C=O) groups excluding carboxylic acids is 1. The number of terminal acetylenes is 1. The van der Waals surface area contributed by atoms with Gasteiger partial charge in [0.2, 0.25) is 5.91 Å². The predicted octanol–water partition coefficient (Wildman–Crippen LogP) is 0.349. The number of rotatable bonds is 4. The molecule has 2 saturated carbocycles. The maximum Gasteiger partial charge on any atom is 0.243 e. The van der Waals surface area contributed by atoms with Crippen LogP contribution in [0.2, 0.25) is 0 Å². The van der Waals surface area contributed by atoms with Gasteiger partial charge in [0.05, 0.1) is 12.1 Å². The number of hydrogen-bond acceptors (Lipinski definition) is 2. The van der Waals surface area contributed by atoms with Crippen molar-refractivity contribution in [2.45, 2.75) is 31.2 Å². The Bertz CT molecular complexity index is 284. The van der Waals surface area contributed by atoms with Gasteiger partial charge < -0.3 is 10.6 Å². The minimum absolute atomic E-state index is 0.0577. The zero-order chi connectivity index (χ0) is 10.2. The summed E-state index contributed by atoms with van der Waals surface area (Å²) >= 11 is 0. The summed E-state index contributed by atoms with van der Waals surface area (Å²) in [5.41, 5.74) is 5.29. The molecule has 0 heterocycles. The average Bonchev–Trinajstić information content (AvgIpc) is 3.02. The highest BCUT2D eigenvalue weighted by Crippen LogP contribution is 2.36. The normalized spacial score (nSPS) is 22.6. The third kappa shape index (κ3) is 1.91. The number of nitrogens with zero attached hydrogens (tertiary/aromatic N) is 1. The third-order valence-electron chi connectivity index (χ3n) is 2.96. The predicted molar refractivity (Wildman–Crippen MR) is 54.3 cm³/mol. The number of amides is 1. The first-order valence-corrected chi connectivity index (χ1v) is 5.17. The van der Waals surface area contributed by atoms with Gasteiger partial charge in [0, 0.05) is 6.54 Å².